The molecule has 0 aliphatic heterocycles. The van der Waals surface area contributed by atoms with Crippen molar-refractivity contribution in [1.29, 1.82) is 0 Å². The van der Waals surface area contributed by atoms with E-state index >= 15 is 0 Å². The summed E-state index contributed by atoms with van der Waals surface area (Å²) < 4.78 is 79.8. The van der Waals surface area contributed by atoms with E-state index in [0.717, 1.165) is 43.0 Å². The van der Waals surface area contributed by atoms with Crippen LogP contribution in [0.3, 0.4) is 0 Å². The molecule has 0 aliphatic rings. The second-order valence-electron chi connectivity index (χ2n) is 14.6. The molecule has 0 aromatic heterocycles. The van der Waals surface area contributed by atoms with Gasteiger partial charge in [0.25, 0.3) is 0 Å². The Morgan fingerprint density at radius 1 is 0.354 bits per heavy atom. The van der Waals surface area contributed by atoms with Crippen molar-refractivity contribution >= 4 is 66.6 Å². The molecule has 0 aliphatic carbocycles. The fraction of sp³-hybridized carbons (Fsp3) is 0.0400. The van der Waals surface area contributed by atoms with Gasteiger partial charge in [0.05, 0.1) is 22.1 Å². The van der Waals surface area contributed by atoms with Gasteiger partial charge in [0.2, 0.25) is 0 Å². The van der Waals surface area contributed by atoms with Crippen LogP contribution in [0.4, 0.5) is 0 Å². The summed E-state index contributed by atoms with van der Waals surface area (Å²) in [7, 11) is -14.5. The Morgan fingerprint density at radius 2 is 0.615 bits per heavy atom. The normalized spacial score (nSPS) is 11.4. The summed E-state index contributed by atoms with van der Waals surface area (Å²) in [5.74, 6) is 1.26. The van der Waals surface area contributed by atoms with Gasteiger partial charge in [-0.1, -0.05) is 109 Å². The number of halogens is 2. The van der Waals surface area contributed by atoms with E-state index in [4.69, 9.17) is 4.74 Å². The van der Waals surface area contributed by atoms with E-state index in [0.29, 0.717) is 23.8 Å². The van der Waals surface area contributed by atoms with Crippen LogP contribution in [-0.2, 0) is 32.6 Å². The minimum Gasteiger partial charge on any atom is -1.00 e. The predicted octanol–water partition coefficient (Wildman–Crippen LogP) is -3.71. The zero-order chi connectivity index (χ0) is 42.5. The van der Waals surface area contributed by atoms with Crippen molar-refractivity contribution in [2.45, 2.75) is 22.1 Å². The van der Waals surface area contributed by atoms with Crippen LogP contribution in [0.1, 0.15) is 11.1 Å². The van der Waals surface area contributed by atoms with Crippen molar-refractivity contribution in [1.82, 2.24) is 0 Å². The topological polar surface area (TPSA) is 124 Å². The number of hydrogen-bond acceptors (Lipinski definition) is 7. The smallest absolute Gasteiger partial charge is 1.00 e. The molecule has 0 atom stereocenters. The van der Waals surface area contributed by atoms with Crippen molar-refractivity contribution in [3.05, 3.63) is 230 Å². The molecule has 0 spiro atoms. The van der Waals surface area contributed by atoms with E-state index in [9.17, 15) is 25.9 Å². The van der Waals surface area contributed by atoms with Crippen molar-refractivity contribution in [2.75, 3.05) is 0 Å². The minimum absolute atomic E-state index is 0. The van der Waals surface area contributed by atoms with Gasteiger partial charge in [-0.2, -0.15) is 0 Å². The molecular formula is C50H40Br2Na2O7P2S2. The molecule has 8 aromatic rings. The molecule has 8 aromatic carbocycles. The fourth-order valence-electron chi connectivity index (χ4n) is 7.93. The Morgan fingerprint density at radius 3 is 0.877 bits per heavy atom. The first-order valence-corrected chi connectivity index (χ1v) is 26.2. The van der Waals surface area contributed by atoms with Crippen molar-refractivity contribution in [2.24, 2.45) is 0 Å². The van der Waals surface area contributed by atoms with Crippen LogP contribution >= 0.6 is 14.5 Å². The summed E-state index contributed by atoms with van der Waals surface area (Å²) in [6, 6.07) is 68.9. The van der Waals surface area contributed by atoms with Crippen molar-refractivity contribution < 1.29 is 124 Å². The molecule has 7 nitrogen and oxygen atoms in total. The quantitative estimate of drug-likeness (QED) is 0.0625. The van der Waals surface area contributed by atoms with Gasteiger partial charge < -0.3 is 47.8 Å². The maximum absolute atomic E-state index is 12.2. The summed E-state index contributed by atoms with van der Waals surface area (Å²) >= 11 is 0. The van der Waals surface area contributed by atoms with Crippen LogP contribution < -0.4 is 130 Å². The van der Waals surface area contributed by atoms with Gasteiger partial charge in [-0.15, -0.1) is 0 Å². The first-order valence-electron chi connectivity index (χ1n) is 19.4. The van der Waals surface area contributed by atoms with Gasteiger partial charge in [-0.25, -0.2) is 16.8 Å². The number of benzene rings is 8. The third-order valence-corrected chi connectivity index (χ3v) is 21.2. The van der Waals surface area contributed by atoms with Crippen LogP contribution in [0.2, 0.25) is 0 Å². The van der Waals surface area contributed by atoms with E-state index in [-0.39, 0.29) is 103 Å². The van der Waals surface area contributed by atoms with Gasteiger partial charge in [0.1, 0.15) is 78.1 Å². The fourth-order valence-corrected chi connectivity index (χ4v) is 17.7. The first kappa shape index (κ1) is 54.8. The second kappa shape index (κ2) is 24.0. The average Bonchev–Trinajstić information content (AvgIpc) is 3.29. The second-order valence-corrected chi connectivity index (χ2v) is 24.3. The monoisotopic (exact) mass is 1080 g/mol. The van der Waals surface area contributed by atoms with Crippen molar-refractivity contribution in [3.63, 3.8) is 0 Å². The Bertz CT molecular complexity index is 2710. The van der Waals surface area contributed by atoms with E-state index in [1.54, 1.807) is 12.1 Å². The Kier molecular flexibility index (Phi) is 20.2. The largest absolute Gasteiger partial charge is 1.00 e. The summed E-state index contributed by atoms with van der Waals surface area (Å²) in [4.78, 5) is -0.514. The molecule has 320 valence electrons. The molecule has 8 rings (SSSR count). The maximum atomic E-state index is 12.2. The van der Waals surface area contributed by atoms with Crippen LogP contribution in [0.15, 0.2) is 228 Å². The van der Waals surface area contributed by atoms with E-state index in [2.05, 4.69) is 48.5 Å². The van der Waals surface area contributed by atoms with E-state index in [1.807, 2.05) is 133 Å². The third kappa shape index (κ3) is 12.5. The van der Waals surface area contributed by atoms with Crippen LogP contribution in [0.25, 0.3) is 0 Å². The molecule has 0 radical (unpaired) electrons. The molecule has 0 heterocycles. The van der Waals surface area contributed by atoms with Gasteiger partial charge in [0.15, 0.2) is 0 Å². The van der Waals surface area contributed by atoms with E-state index in [1.165, 1.54) is 24.3 Å². The average molecular weight is 1080 g/mol. The predicted molar refractivity (Wildman–Crippen MR) is 247 cm³/mol. The molecular weight excluding hydrogens is 1040 g/mol. The molecule has 0 amide bonds. The molecule has 0 bridgehead atoms. The molecule has 0 saturated heterocycles. The number of ether oxygens (including phenoxy) is 1. The van der Waals surface area contributed by atoms with Gasteiger partial charge in [-0.05, 0) is 120 Å². The molecule has 0 N–H and O–H groups in total. The zero-order valence-electron chi connectivity index (χ0n) is 35.5. The SMILES string of the molecule is O=S(=O)([O-])c1cccc([P+](Cc2ccc(Oc3ccc(C[P+](c4ccccc4)(c4ccccc4)c4cccc(S(=O)(=O)[O-])c4)cc3)cc2)(c2ccccc2)c2ccccc2)c1.[Br-].[Br-].[Na+].[Na+]. The van der Waals surface area contributed by atoms with Crippen LogP contribution in [0.5, 0.6) is 11.5 Å². The molecule has 65 heavy (non-hydrogen) atoms. The maximum Gasteiger partial charge on any atom is 1.00 e. The Labute approximate surface area is 448 Å². The first-order chi connectivity index (χ1) is 29.4. The molecule has 15 heteroatoms. The Hall–Kier alpha value is -2.80. The zero-order valence-corrected chi connectivity index (χ0v) is 46.1. The van der Waals surface area contributed by atoms with Crippen LogP contribution in [0, 0.1) is 0 Å². The summed E-state index contributed by atoms with van der Waals surface area (Å²) in [6.07, 6.45) is 1.13. The summed E-state index contributed by atoms with van der Waals surface area (Å²) in [5, 5.41) is 5.78. The third-order valence-electron chi connectivity index (χ3n) is 10.8. The van der Waals surface area contributed by atoms with Gasteiger partial charge in [-0.3, -0.25) is 0 Å². The summed E-state index contributed by atoms with van der Waals surface area (Å²) in [6.45, 7) is 0. The standard InChI is InChI=1S/C50H40O7P2S2.2BrH.2Na/c51-60(52,53)49-25-13-23-47(35-49)58(43-15-5-1-6-16-43,44-17-7-2-8-18-44)37-39-27-31-41(32-28-39)57-42-33-29-40(30-34-42)38-59(45-19-9-3-10-20-45,46-21-11-4-12-22-46)48-24-14-26-50(36-48)61(54,55)56;;;;/h1-36H,37-38H2;2*1H;;/q;;;2*+1/p-2. The summed E-state index contributed by atoms with van der Waals surface area (Å²) in [5.41, 5.74) is 2.02. The van der Waals surface area contributed by atoms with Gasteiger partial charge in [0, 0.05) is 0 Å². The number of rotatable bonds is 14. The van der Waals surface area contributed by atoms with E-state index < -0.39 is 34.8 Å². The van der Waals surface area contributed by atoms with Crippen molar-refractivity contribution in [3.8, 4) is 11.5 Å². The Balaban J connectivity index is 0.00000231. The molecule has 0 saturated carbocycles. The van der Waals surface area contributed by atoms with Crippen LogP contribution in [-0.4, -0.2) is 25.9 Å². The van der Waals surface area contributed by atoms with Gasteiger partial charge >= 0.3 is 59.1 Å². The molecule has 0 fully saturated rings. The molecule has 0 unspecified atom stereocenters. The number of hydrogen-bond donors (Lipinski definition) is 0. The minimum atomic E-state index is -4.69.